The summed E-state index contributed by atoms with van der Waals surface area (Å²) in [6.07, 6.45) is 6.48. The molecule has 0 atom stereocenters. The first-order valence-electron chi connectivity index (χ1n) is 13.6. The highest BCUT2D eigenvalue weighted by Crippen LogP contribution is 2.70. The zero-order valence-corrected chi connectivity index (χ0v) is 21.8. The van der Waals surface area contributed by atoms with E-state index in [1.807, 2.05) is 36.1 Å². The van der Waals surface area contributed by atoms with Crippen molar-refractivity contribution in [2.24, 2.45) is 10.8 Å². The molecule has 6 aliphatic carbocycles. The van der Waals surface area contributed by atoms with Crippen molar-refractivity contribution in [3.05, 3.63) is 54.2 Å². The molecule has 2 heterocycles. The van der Waals surface area contributed by atoms with E-state index >= 15 is 0 Å². The molecule has 0 N–H and O–H groups in total. The van der Waals surface area contributed by atoms with Gasteiger partial charge in [-0.3, -0.25) is 4.79 Å². The van der Waals surface area contributed by atoms with Crippen LogP contribution in [-0.4, -0.2) is 38.2 Å². The van der Waals surface area contributed by atoms with Gasteiger partial charge in [0.1, 0.15) is 11.5 Å². The Morgan fingerprint density at radius 2 is 1.69 bits per heavy atom. The van der Waals surface area contributed by atoms with E-state index in [9.17, 15) is 18.0 Å². The first-order chi connectivity index (χ1) is 18.6. The van der Waals surface area contributed by atoms with Crippen LogP contribution in [0.3, 0.4) is 0 Å². The predicted molar refractivity (Wildman–Crippen MR) is 136 cm³/mol. The number of hydrogen-bond donors (Lipinski definition) is 0. The minimum absolute atomic E-state index is 0.0101. The number of halogens is 3. The van der Waals surface area contributed by atoms with E-state index in [0.29, 0.717) is 37.5 Å². The molecule has 0 saturated heterocycles. The van der Waals surface area contributed by atoms with Crippen molar-refractivity contribution < 1.29 is 22.5 Å². The van der Waals surface area contributed by atoms with E-state index in [0.717, 1.165) is 55.3 Å². The highest BCUT2D eigenvalue weighted by molar-refractivity contribution is 6.00. The molecule has 2 aromatic heterocycles. The molecule has 0 spiro atoms. The zero-order chi connectivity index (χ0) is 27.0. The van der Waals surface area contributed by atoms with Gasteiger partial charge >= 0.3 is 6.43 Å². The number of rotatable bonds is 7. The maximum absolute atomic E-state index is 14.5. The molecule has 204 valence electrons. The van der Waals surface area contributed by atoms with E-state index < -0.39 is 23.4 Å². The van der Waals surface area contributed by atoms with Crippen LogP contribution in [0.2, 0.25) is 0 Å². The predicted octanol–water partition coefficient (Wildman–Crippen LogP) is 6.29. The number of amides is 1. The summed E-state index contributed by atoms with van der Waals surface area (Å²) >= 11 is 0. The van der Waals surface area contributed by atoms with Gasteiger partial charge in [0, 0.05) is 35.6 Å². The van der Waals surface area contributed by atoms with Crippen LogP contribution in [0.4, 0.5) is 18.9 Å². The lowest BCUT2D eigenvalue weighted by molar-refractivity contribution is -0.211. The molecule has 3 aromatic rings. The Kier molecular flexibility index (Phi) is 5.29. The number of carbonyl (C=O) groups is 1. The number of aromatic nitrogens is 4. The van der Waals surface area contributed by atoms with Crippen LogP contribution in [0.1, 0.15) is 81.8 Å². The number of alkyl halides is 3. The second-order valence-corrected chi connectivity index (χ2v) is 12.5. The second-order valence-electron chi connectivity index (χ2n) is 12.5. The number of benzene rings is 1. The largest absolute Gasteiger partial charge is 0.333 e. The maximum atomic E-state index is 14.5. The Balaban J connectivity index is 1.17. The molecule has 0 radical (unpaired) electrons. The van der Waals surface area contributed by atoms with E-state index in [4.69, 9.17) is 4.52 Å². The van der Waals surface area contributed by atoms with Crippen molar-refractivity contribution in [1.82, 2.24) is 20.1 Å². The van der Waals surface area contributed by atoms with Gasteiger partial charge in [0.05, 0.1) is 5.41 Å². The monoisotopic (exact) mass is 537 g/mol. The Morgan fingerprint density at radius 1 is 1.03 bits per heavy atom. The molecule has 39 heavy (non-hydrogen) atoms. The number of hydrogen-bond acceptors (Lipinski definition) is 6. The molecular formula is C29H30F3N5O2. The molecule has 0 unspecified atom stereocenters. The fourth-order valence-corrected chi connectivity index (χ4v) is 7.56. The fraction of sp³-hybridized carbons (Fsp3) is 0.552. The van der Waals surface area contributed by atoms with Gasteiger partial charge in [0.15, 0.2) is 5.82 Å². The van der Waals surface area contributed by atoms with Crippen LogP contribution in [0.15, 0.2) is 41.2 Å². The van der Waals surface area contributed by atoms with E-state index in [1.165, 1.54) is 0 Å². The summed E-state index contributed by atoms with van der Waals surface area (Å²) in [6.45, 7) is 2.38. The molecule has 1 aromatic carbocycles. The average molecular weight is 538 g/mol. The van der Waals surface area contributed by atoms with Crippen LogP contribution in [0.5, 0.6) is 0 Å². The van der Waals surface area contributed by atoms with Crippen molar-refractivity contribution in [3.8, 4) is 11.1 Å². The van der Waals surface area contributed by atoms with Crippen molar-refractivity contribution >= 4 is 11.6 Å². The number of anilines is 1. The summed E-state index contributed by atoms with van der Waals surface area (Å²) in [5, 5.41) is 3.92. The molecule has 4 bridgehead atoms. The highest BCUT2D eigenvalue weighted by Gasteiger charge is 2.73. The number of aryl methyl sites for hydroxylation is 1. The molecule has 6 saturated carbocycles. The van der Waals surface area contributed by atoms with E-state index in [-0.39, 0.29) is 16.7 Å². The quantitative estimate of drug-likeness (QED) is 0.352. The second kappa shape index (κ2) is 8.35. The van der Waals surface area contributed by atoms with Crippen LogP contribution >= 0.6 is 0 Å². The van der Waals surface area contributed by atoms with E-state index in [2.05, 4.69) is 20.1 Å². The van der Waals surface area contributed by atoms with Crippen molar-refractivity contribution in [1.29, 1.82) is 0 Å². The summed E-state index contributed by atoms with van der Waals surface area (Å²) < 4.78 is 45.4. The van der Waals surface area contributed by atoms with Gasteiger partial charge in [-0.1, -0.05) is 17.3 Å². The van der Waals surface area contributed by atoms with Crippen LogP contribution < -0.4 is 4.90 Å². The molecule has 6 fully saturated rings. The average Bonchev–Trinajstić information content (AvgIpc) is 3.43. The highest BCUT2D eigenvalue weighted by atomic mass is 19.3. The van der Waals surface area contributed by atoms with E-state index in [1.54, 1.807) is 12.4 Å². The van der Waals surface area contributed by atoms with Crippen LogP contribution in [0.25, 0.3) is 11.1 Å². The smallest absolute Gasteiger partial charge is 0.315 e. The summed E-state index contributed by atoms with van der Waals surface area (Å²) in [7, 11) is 0. The summed E-state index contributed by atoms with van der Waals surface area (Å²) in [4.78, 5) is 28.6. The van der Waals surface area contributed by atoms with Crippen molar-refractivity contribution in [2.45, 2.75) is 82.2 Å². The molecular weight excluding hydrogens is 507 g/mol. The lowest BCUT2D eigenvalue weighted by Gasteiger charge is -2.65. The number of nitrogens with zero attached hydrogens (tertiary/aromatic N) is 5. The van der Waals surface area contributed by atoms with Crippen molar-refractivity contribution in [2.75, 3.05) is 11.4 Å². The number of carbonyl (C=O) groups excluding carboxylic acids is 1. The Morgan fingerprint density at radius 3 is 2.28 bits per heavy atom. The molecule has 10 heteroatoms. The normalized spacial score (nSPS) is 32.5. The Hall–Kier alpha value is -3.30. The Bertz CT molecular complexity index is 1390. The zero-order valence-electron chi connectivity index (χ0n) is 21.8. The van der Waals surface area contributed by atoms with Crippen LogP contribution in [-0.2, 0) is 10.2 Å². The molecule has 0 aliphatic heterocycles. The van der Waals surface area contributed by atoms with Gasteiger partial charge < -0.3 is 9.42 Å². The third kappa shape index (κ3) is 3.89. The summed E-state index contributed by atoms with van der Waals surface area (Å²) in [5.74, 6) is 0.457. The molecule has 6 aliphatic rings. The third-order valence-corrected chi connectivity index (χ3v) is 9.93. The standard InChI is InChI=1S/C29H30F3N5O2/c1-18-33-12-20(13-34-18)19-3-2-4-21(11-19)37(25(38)28-14-29(32,15-28)16-28)17-26-5-8-27(9-6-26,10-7-26)24-35-23(22(30)31)39-36-24/h2-4,11-13,22H,5-10,14-17H2,1H3. The molecule has 1 amide bonds. The molecule has 7 nitrogen and oxygen atoms in total. The SMILES string of the molecule is Cc1ncc(-c2cccc(N(CC34CCC(c5noc(C(F)F)n5)(CC3)CC4)C(=O)C34CC(F)(C3)C4)c2)cn1. The first kappa shape index (κ1) is 24.7. The summed E-state index contributed by atoms with van der Waals surface area (Å²) in [5.41, 5.74) is 0.354. The van der Waals surface area contributed by atoms with Gasteiger partial charge in [-0.05, 0) is 87.8 Å². The lowest BCUT2D eigenvalue weighted by Crippen LogP contribution is -2.71. The van der Waals surface area contributed by atoms with Gasteiger partial charge in [-0.25, -0.2) is 14.4 Å². The minimum Gasteiger partial charge on any atom is -0.333 e. The van der Waals surface area contributed by atoms with Crippen LogP contribution in [0, 0.1) is 17.8 Å². The number of fused-ring (bicyclic) bond motifs is 3. The van der Waals surface area contributed by atoms with Crippen molar-refractivity contribution in [3.63, 3.8) is 0 Å². The summed E-state index contributed by atoms with van der Waals surface area (Å²) in [6, 6.07) is 7.86. The van der Waals surface area contributed by atoms with Gasteiger partial charge in [0.2, 0.25) is 5.91 Å². The fourth-order valence-electron chi connectivity index (χ4n) is 7.56. The minimum atomic E-state index is -2.78. The van der Waals surface area contributed by atoms with Gasteiger partial charge in [0.25, 0.3) is 5.89 Å². The van der Waals surface area contributed by atoms with Gasteiger partial charge in [-0.2, -0.15) is 13.8 Å². The molecule has 9 rings (SSSR count). The lowest BCUT2D eigenvalue weighted by atomic mass is 9.41. The maximum Gasteiger partial charge on any atom is 0.315 e. The topological polar surface area (TPSA) is 85.0 Å². The Labute approximate surface area is 224 Å². The third-order valence-electron chi connectivity index (χ3n) is 9.93. The van der Waals surface area contributed by atoms with Gasteiger partial charge in [-0.15, -0.1) is 0 Å². The first-order valence-corrected chi connectivity index (χ1v) is 13.6.